The summed E-state index contributed by atoms with van der Waals surface area (Å²) in [4.78, 5) is 12.5. The first-order valence-electron chi connectivity index (χ1n) is 11.0. The first-order chi connectivity index (χ1) is 15.7. The Hall–Kier alpha value is -2.84. The Morgan fingerprint density at radius 1 is 1.09 bits per heavy atom. The first-order valence-corrected chi connectivity index (χ1v) is 11.4. The van der Waals surface area contributed by atoms with Gasteiger partial charge in [0.25, 0.3) is 0 Å². The summed E-state index contributed by atoms with van der Waals surface area (Å²) in [5.41, 5.74) is 7.02. The van der Waals surface area contributed by atoms with Gasteiger partial charge in [-0.2, -0.15) is 0 Å². The van der Waals surface area contributed by atoms with Crippen molar-refractivity contribution in [1.29, 1.82) is 0 Å². The fourth-order valence-corrected chi connectivity index (χ4v) is 3.10. The van der Waals surface area contributed by atoms with Crippen LogP contribution in [0.2, 0.25) is 0 Å². The third kappa shape index (κ3) is 9.27. The smallest absolute Gasteiger partial charge is 0.313 e. The van der Waals surface area contributed by atoms with Gasteiger partial charge in [0.15, 0.2) is 22.8 Å². The summed E-state index contributed by atoms with van der Waals surface area (Å²) in [6.45, 7) is 6.80. The van der Waals surface area contributed by atoms with Crippen LogP contribution < -0.4 is 25.8 Å². The molecule has 0 saturated carbocycles. The highest BCUT2D eigenvalue weighted by Crippen LogP contribution is 2.28. The van der Waals surface area contributed by atoms with E-state index in [0.29, 0.717) is 42.7 Å². The molecule has 0 spiro atoms. The van der Waals surface area contributed by atoms with E-state index < -0.39 is 11.6 Å². The van der Waals surface area contributed by atoms with Gasteiger partial charge in [0.05, 0.1) is 12.5 Å². The predicted molar refractivity (Wildman–Crippen MR) is 134 cm³/mol. The van der Waals surface area contributed by atoms with E-state index in [4.69, 9.17) is 32.2 Å². The first kappa shape index (κ1) is 26.4. The van der Waals surface area contributed by atoms with E-state index in [0.717, 1.165) is 12.0 Å². The Morgan fingerprint density at radius 3 is 2.45 bits per heavy atom. The molecule has 0 aliphatic rings. The van der Waals surface area contributed by atoms with Crippen molar-refractivity contribution in [2.45, 2.75) is 46.4 Å². The highest BCUT2D eigenvalue weighted by atomic mass is 32.1. The van der Waals surface area contributed by atoms with Crippen molar-refractivity contribution in [3.05, 3.63) is 59.7 Å². The number of methoxy groups -OCH3 is 1. The minimum absolute atomic E-state index is 0.284. The van der Waals surface area contributed by atoms with Gasteiger partial charge in [0.2, 0.25) is 0 Å². The molecule has 0 fully saturated rings. The molecule has 7 nitrogen and oxygen atoms in total. The van der Waals surface area contributed by atoms with Gasteiger partial charge in [-0.05, 0) is 62.7 Å². The number of thiocarbonyl (C=S) groups is 1. The number of ether oxygens (including phenoxy) is 3. The van der Waals surface area contributed by atoms with Crippen molar-refractivity contribution < 1.29 is 19.0 Å². The van der Waals surface area contributed by atoms with Gasteiger partial charge in [0, 0.05) is 19.5 Å². The largest absolute Gasteiger partial charge is 0.493 e. The molecule has 0 saturated heterocycles. The molecule has 0 heterocycles. The molecule has 2 rings (SSSR count). The SMILES string of the molecule is COc1cc(CNC(=S)NC(CCc2ccccc2)OC(=O)C(C)(C)C)ccc1OCCN. The summed E-state index contributed by atoms with van der Waals surface area (Å²) in [6.07, 6.45) is 0.799. The maximum atomic E-state index is 12.5. The number of nitrogens with two attached hydrogens (primary N) is 1. The zero-order valence-corrected chi connectivity index (χ0v) is 20.7. The second-order valence-corrected chi connectivity index (χ2v) is 9.03. The van der Waals surface area contributed by atoms with E-state index >= 15 is 0 Å². The Bertz CT molecular complexity index is 900. The fourth-order valence-electron chi connectivity index (χ4n) is 2.90. The molecular weight excluding hydrogens is 438 g/mol. The summed E-state index contributed by atoms with van der Waals surface area (Å²) in [7, 11) is 1.59. The van der Waals surface area contributed by atoms with Crippen LogP contribution in [-0.2, 0) is 22.5 Å². The van der Waals surface area contributed by atoms with Crippen LogP contribution in [-0.4, -0.2) is 37.6 Å². The molecule has 1 atom stereocenters. The number of esters is 1. The third-order valence-electron chi connectivity index (χ3n) is 4.75. The molecule has 0 aliphatic heterocycles. The van der Waals surface area contributed by atoms with Crippen molar-refractivity contribution >= 4 is 23.3 Å². The summed E-state index contributed by atoms with van der Waals surface area (Å²) < 4.78 is 16.7. The number of aryl methyl sites for hydroxylation is 1. The second-order valence-electron chi connectivity index (χ2n) is 8.62. The van der Waals surface area contributed by atoms with Crippen LogP contribution in [0.1, 0.15) is 38.3 Å². The molecule has 0 aliphatic carbocycles. The van der Waals surface area contributed by atoms with E-state index in [2.05, 4.69) is 10.6 Å². The molecule has 4 N–H and O–H groups in total. The van der Waals surface area contributed by atoms with Gasteiger partial charge >= 0.3 is 5.97 Å². The van der Waals surface area contributed by atoms with Gasteiger partial charge in [-0.15, -0.1) is 0 Å². The standard InChI is InChI=1S/C25H35N3O4S/c1-25(2,3)23(29)32-22(13-11-18-8-6-5-7-9-18)28-24(33)27-17-19-10-12-20(31-15-14-26)21(16-19)30-4/h5-10,12,16,22H,11,13-15,17,26H2,1-4H3,(H2,27,28,33). The highest BCUT2D eigenvalue weighted by Gasteiger charge is 2.26. The molecule has 180 valence electrons. The molecular formula is C25H35N3O4S. The minimum Gasteiger partial charge on any atom is -0.493 e. The van der Waals surface area contributed by atoms with Crippen LogP contribution in [0.25, 0.3) is 0 Å². The molecule has 0 bridgehead atoms. The average Bonchev–Trinajstić information content (AvgIpc) is 2.80. The van der Waals surface area contributed by atoms with Crippen LogP contribution >= 0.6 is 12.2 Å². The molecule has 0 aromatic heterocycles. The number of carbonyl (C=O) groups is 1. The van der Waals surface area contributed by atoms with Gasteiger partial charge in [-0.25, -0.2) is 0 Å². The van der Waals surface area contributed by atoms with Crippen molar-refractivity contribution in [3.63, 3.8) is 0 Å². The van der Waals surface area contributed by atoms with Crippen LogP contribution in [0.5, 0.6) is 11.5 Å². The summed E-state index contributed by atoms with van der Waals surface area (Å²) in [6, 6.07) is 15.7. The van der Waals surface area contributed by atoms with E-state index in [1.54, 1.807) is 7.11 Å². The second kappa shape index (κ2) is 13.0. The maximum absolute atomic E-state index is 12.5. The number of hydrogen-bond donors (Lipinski definition) is 3. The Kier molecular flexibility index (Phi) is 10.4. The summed E-state index contributed by atoms with van der Waals surface area (Å²) in [5, 5.41) is 6.70. The van der Waals surface area contributed by atoms with E-state index in [1.807, 2.05) is 69.3 Å². The molecule has 8 heteroatoms. The van der Waals surface area contributed by atoms with E-state index in [-0.39, 0.29) is 5.97 Å². The normalized spacial score (nSPS) is 11.9. The topological polar surface area (TPSA) is 94.8 Å². The van der Waals surface area contributed by atoms with Crippen molar-refractivity contribution in [1.82, 2.24) is 10.6 Å². The lowest BCUT2D eigenvalue weighted by atomic mass is 9.97. The Morgan fingerprint density at radius 2 is 1.82 bits per heavy atom. The maximum Gasteiger partial charge on any atom is 0.313 e. The lowest BCUT2D eigenvalue weighted by molar-refractivity contribution is -0.159. The van der Waals surface area contributed by atoms with Gasteiger partial charge in [-0.1, -0.05) is 36.4 Å². The van der Waals surface area contributed by atoms with Gasteiger partial charge in [0.1, 0.15) is 6.61 Å². The molecule has 33 heavy (non-hydrogen) atoms. The van der Waals surface area contributed by atoms with Gasteiger partial charge in [-0.3, -0.25) is 4.79 Å². The lowest BCUT2D eigenvalue weighted by Crippen LogP contribution is -2.45. The zero-order chi connectivity index (χ0) is 24.3. The average molecular weight is 474 g/mol. The summed E-state index contributed by atoms with van der Waals surface area (Å²) in [5.74, 6) is 0.984. The number of carbonyl (C=O) groups excluding carboxylic acids is 1. The van der Waals surface area contributed by atoms with Crippen LogP contribution in [0, 0.1) is 5.41 Å². The van der Waals surface area contributed by atoms with Crippen LogP contribution in [0.3, 0.4) is 0 Å². The highest BCUT2D eigenvalue weighted by molar-refractivity contribution is 7.80. The molecule has 2 aromatic carbocycles. The molecule has 0 amide bonds. The molecule has 2 aromatic rings. The lowest BCUT2D eigenvalue weighted by Gasteiger charge is -2.25. The van der Waals surface area contributed by atoms with Crippen molar-refractivity contribution in [2.75, 3.05) is 20.3 Å². The zero-order valence-electron chi connectivity index (χ0n) is 19.9. The van der Waals surface area contributed by atoms with E-state index in [1.165, 1.54) is 5.56 Å². The van der Waals surface area contributed by atoms with Crippen molar-refractivity contribution in [2.24, 2.45) is 11.1 Å². The van der Waals surface area contributed by atoms with E-state index in [9.17, 15) is 4.79 Å². The molecule has 0 radical (unpaired) electrons. The Labute approximate surface area is 202 Å². The predicted octanol–water partition coefficient (Wildman–Crippen LogP) is 3.55. The summed E-state index contributed by atoms with van der Waals surface area (Å²) >= 11 is 5.47. The third-order valence-corrected chi connectivity index (χ3v) is 5.01. The van der Waals surface area contributed by atoms with Crippen molar-refractivity contribution in [3.8, 4) is 11.5 Å². The number of benzene rings is 2. The van der Waals surface area contributed by atoms with Crippen LogP contribution in [0.15, 0.2) is 48.5 Å². The minimum atomic E-state index is -0.605. The number of nitrogens with one attached hydrogen (secondary N) is 2. The monoisotopic (exact) mass is 473 g/mol. The Balaban J connectivity index is 1.97. The van der Waals surface area contributed by atoms with Gasteiger partial charge < -0.3 is 30.6 Å². The fraction of sp³-hybridized carbons (Fsp3) is 0.440. The number of rotatable bonds is 11. The van der Waals surface area contributed by atoms with Crippen LogP contribution in [0.4, 0.5) is 0 Å². The quantitative estimate of drug-likeness (QED) is 0.259. The number of hydrogen-bond acceptors (Lipinski definition) is 6. The molecule has 1 unspecified atom stereocenters.